The Morgan fingerprint density at radius 3 is 2.81 bits per heavy atom. The van der Waals surface area contributed by atoms with Crippen LogP contribution in [0.25, 0.3) is 11.3 Å². The first-order valence-electron chi connectivity index (χ1n) is 8.04. The topological polar surface area (TPSA) is 41.3 Å². The van der Waals surface area contributed by atoms with Gasteiger partial charge < -0.3 is 14.6 Å². The summed E-state index contributed by atoms with van der Waals surface area (Å²) in [5.41, 5.74) is 1.29. The maximum atomic E-state index is 14.3. The van der Waals surface area contributed by atoms with Crippen molar-refractivity contribution in [3.8, 4) is 11.3 Å². The number of hydrogen-bond donors (Lipinski definition) is 1. The number of rotatable bonds is 3. The van der Waals surface area contributed by atoms with E-state index in [0.29, 0.717) is 26.7 Å². The van der Waals surface area contributed by atoms with Gasteiger partial charge in [-0.25, -0.2) is 4.39 Å². The fourth-order valence-corrected chi connectivity index (χ4v) is 3.73. The van der Waals surface area contributed by atoms with Gasteiger partial charge in [-0.2, -0.15) is 0 Å². The molecule has 0 saturated carbocycles. The molecule has 132 valence electrons. The Labute approximate surface area is 164 Å². The van der Waals surface area contributed by atoms with Crippen molar-refractivity contribution in [2.75, 3.05) is 7.05 Å². The van der Waals surface area contributed by atoms with Gasteiger partial charge in [0.2, 0.25) is 0 Å². The van der Waals surface area contributed by atoms with Crippen LogP contribution < -0.4 is 5.32 Å². The van der Waals surface area contributed by atoms with Gasteiger partial charge in [0.1, 0.15) is 23.4 Å². The number of pyridine rings is 1. The molecule has 0 aliphatic carbocycles. The summed E-state index contributed by atoms with van der Waals surface area (Å²) in [5.74, 6) is 0.846. The molecule has 0 amide bonds. The zero-order valence-electron chi connectivity index (χ0n) is 13.8. The summed E-state index contributed by atoms with van der Waals surface area (Å²) in [4.78, 5) is 6.38. The number of likely N-dealkylation sites (N-methyl/N-ethyl adjacent to an activating group) is 1. The van der Waals surface area contributed by atoms with Crippen molar-refractivity contribution in [2.45, 2.75) is 12.1 Å². The van der Waals surface area contributed by atoms with E-state index in [1.807, 2.05) is 36.2 Å². The molecule has 1 N–H and O–H groups in total. The summed E-state index contributed by atoms with van der Waals surface area (Å²) in [6.45, 7) is 0. The number of halogens is 2. The predicted molar refractivity (Wildman–Crippen MR) is 105 cm³/mol. The molecule has 3 aromatic rings. The van der Waals surface area contributed by atoms with E-state index in [0.717, 1.165) is 5.69 Å². The third-order valence-electron chi connectivity index (χ3n) is 4.45. The average Bonchev–Trinajstić information content (AvgIpc) is 3.21. The number of nitrogens with zero attached hydrogens (tertiary/aromatic N) is 2. The van der Waals surface area contributed by atoms with Gasteiger partial charge >= 0.3 is 0 Å². The number of aromatic nitrogens is 1. The highest BCUT2D eigenvalue weighted by Crippen LogP contribution is 2.39. The fraction of sp³-hybridized carbons (Fsp3) is 0.158. The molecule has 2 aromatic heterocycles. The molecule has 1 aliphatic heterocycles. The molecule has 0 radical (unpaired) electrons. The van der Waals surface area contributed by atoms with Crippen LogP contribution in [-0.4, -0.2) is 22.0 Å². The Kier molecular flexibility index (Phi) is 4.50. The second-order valence-corrected chi connectivity index (χ2v) is 7.37. The Morgan fingerprint density at radius 1 is 1.23 bits per heavy atom. The third kappa shape index (κ3) is 3.01. The lowest BCUT2D eigenvalue weighted by Gasteiger charge is -2.21. The number of nitrogens with one attached hydrogen (secondary N) is 1. The van der Waals surface area contributed by atoms with Gasteiger partial charge in [0.25, 0.3) is 0 Å². The van der Waals surface area contributed by atoms with Gasteiger partial charge in [-0.1, -0.05) is 22.0 Å². The molecule has 26 heavy (non-hydrogen) atoms. The molecule has 7 heteroatoms. The number of thiocarbonyl (C=S) groups is 1. The SMILES string of the molecule is CN1C(=S)N[C@H](c2ccccn2)[C@H]1c1ccc(-c2ccc(Br)cc2F)o1. The molecule has 1 fully saturated rings. The smallest absolute Gasteiger partial charge is 0.170 e. The first-order valence-corrected chi connectivity index (χ1v) is 9.24. The standard InChI is InChI=1S/C19H15BrFN3OS/c1-24-18(17(23-19(24)26)14-4-2-3-9-22-14)16-8-7-15(25-16)12-6-5-11(20)10-13(12)21/h2-10,17-18H,1H3,(H,23,26)/t17-,18-/m1/s1. The Hall–Kier alpha value is -2.25. The third-order valence-corrected chi connectivity index (χ3v) is 5.35. The van der Waals surface area contributed by atoms with Gasteiger partial charge in [0, 0.05) is 17.7 Å². The van der Waals surface area contributed by atoms with Crippen molar-refractivity contribution in [3.05, 3.63) is 76.5 Å². The van der Waals surface area contributed by atoms with E-state index in [1.165, 1.54) is 6.07 Å². The largest absolute Gasteiger partial charge is 0.459 e. The monoisotopic (exact) mass is 431 g/mol. The van der Waals surface area contributed by atoms with Crippen molar-refractivity contribution in [1.82, 2.24) is 15.2 Å². The number of furan rings is 1. The number of hydrogen-bond acceptors (Lipinski definition) is 3. The summed E-state index contributed by atoms with van der Waals surface area (Å²) in [7, 11) is 1.91. The molecular formula is C19H15BrFN3OS. The molecule has 0 spiro atoms. The minimum Gasteiger partial charge on any atom is -0.459 e. The summed E-state index contributed by atoms with van der Waals surface area (Å²) >= 11 is 8.68. The molecule has 1 aliphatic rings. The number of benzene rings is 1. The van der Waals surface area contributed by atoms with Crippen LogP contribution in [0.15, 0.2) is 63.6 Å². The highest BCUT2D eigenvalue weighted by molar-refractivity contribution is 9.10. The maximum Gasteiger partial charge on any atom is 0.170 e. The maximum absolute atomic E-state index is 14.3. The van der Waals surface area contributed by atoms with Crippen LogP contribution in [0.4, 0.5) is 4.39 Å². The summed E-state index contributed by atoms with van der Waals surface area (Å²) in [6, 6.07) is 14.0. The van der Waals surface area contributed by atoms with Crippen molar-refractivity contribution in [3.63, 3.8) is 0 Å². The van der Waals surface area contributed by atoms with E-state index in [1.54, 1.807) is 24.4 Å². The first kappa shape index (κ1) is 17.2. The van der Waals surface area contributed by atoms with E-state index >= 15 is 0 Å². The zero-order chi connectivity index (χ0) is 18.3. The molecular weight excluding hydrogens is 417 g/mol. The van der Waals surface area contributed by atoms with Crippen LogP contribution in [0, 0.1) is 5.82 Å². The molecule has 1 saturated heterocycles. The fourth-order valence-electron chi connectivity index (χ4n) is 3.16. The summed E-state index contributed by atoms with van der Waals surface area (Å²) in [6.07, 6.45) is 1.75. The quantitative estimate of drug-likeness (QED) is 0.600. The Morgan fingerprint density at radius 2 is 2.08 bits per heavy atom. The molecule has 0 bridgehead atoms. The highest BCUT2D eigenvalue weighted by atomic mass is 79.9. The first-order chi connectivity index (χ1) is 12.5. The van der Waals surface area contributed by atoms with Crippen LogP contribution in [0.3, 0.4) is 0 Å². The van der Waals surface area contributed by atoms with Crippen molar-refractivity contribution < 1.29 is 8.81 Å². The molecule has 0 unspecified atom stereocenters. The van der Waals surface area contributed by atoms with E-state index < -0.39 is 0 Å². The molecule has 4 nitrogen and oxygen atoms in total. The zero-order valence-corrected chi connectivity index (χ0v) is 16.2. The predicted octanol–water partition coefficient (Wildman–Crippen LogP) is 4.85. The molecule has 1 aromatic carbocycles. The van der Waals surface area contributed by atoms with Gasteiger partial charge in [0.05, 0.1) is 17.3 Å². The van der Waals surface area contributed by atoms with Crippen LogP contribution in [-0.2, 0) is 0 Å². The summed E-state index contributed by atoms with van der Waals surface area (Å²) < 4.78 is 21.0. The van der Waals surface area contributed by atoms with E-state index in [9.17, 15) is 4.39 Å². The van der Waals surface area contributed by atoms with Crippen molar-refractivity contribution >= 4 is 33.3 Å². The molecule has 2 atom stereocenters. The van der Waals surface area contributed by atoms with Crippen molar-refractivity contribution in [1.29, 1.82) is 0 Å². The van der Waals surface area contributed by atoms with Gasteiger partial charge in [0.15, 0.2) is 5.11 Å². The minimum absolute atomic E-state index is 0.137. The van der Waals surface area contributed by atoms with Gasteiger partial charge in [-0.3, -0.25) is 4.98 Å². The van der Waals surface area contributed by atoms with E-state index in [2.05, 4.69) is 26.2 Å². The molecule has 3 heterocycles. The van der Waals surface area contributed by atoms with E-state index in [-0.39, 0.29) is 17.9 Å². The Balaban J connectivity index is 1.72. The van der Waals surface area contributed by atoms with Gasteiger partial charge in [-0.15, -0.1) is 0 Å². The summed E-state index contributed by atoms with van der Waals surface area (Å²) in [5, 5.41) is 3.91. The van der Waals surface area contributed by atoms with Crippen LogP contribution in [0.5, 0.6) is 0 Å². The lowest BCUT2D eigenvalue weighted by Crippen LogP contribution is -2.24. The molecule has 4 rings (SSSR count). The lowest BCUT2D eigenvalue weighted by molar-refractivity contribution is 0.310. The van der Waals surface area contributed by atoms with E-state index in [4.69, 9.17) is 16.6 Å². The minimum atomic E-state index is -0.338. The highest BCUT2D eigenvalue weighted by Gasteiger charge is 2.39. The normalized spacial score (nSPS) is 19.7. The Bertz CT molecular complexity index is 962. The lowest BCUT2D eigenvalue weighted by atomic mass is 10.0. The van der Waals surface area contributed by atoms with Crippen LogP contribution in [0.2, 0.25) is 0 Å². The van der Waals surface area contributed by atoms with Crippen LogP contribution >= 0.6 is 28.1 Å². The van der Waals surface area contributed by atoms with Crippen molar-refractivity contribution in [2.24, 2.45) is 0 Å². The van der Waals surface area contributed by atoms with Crippen LogP contribution in [0.1, 0.15) is 23.5 Å². The average molecular weight is 432 g/mol. The second-order valence-electron chi connectivity index (χ2n) is 6.06. The second kappa shape index (κ2) is 6.81. The van der Waals surface area contributed by atoms with Gasteiger partial charge in [-0.05, 0) is 54.7 Å².